The summed E-state index contributed by atoms with van der Waals surface area (Å²) >= 11 is 0. The van der Waals surface area contributed by atoms with Crippen molar-refractivity contribution in [2.45, 2.75) is 0 Å². The van der Waals surface area contributed by atoms with Gasteiger partial charge in [-0.1, -0.05) is 12.1 Å². The van der Waals surface area contributed by atoms with Crippen molar-refractivity contribution in [2.24, 2.45) is 7.05 Å². The van der Waals surface area contributed by atoms with Gasteiger partial charge in [0.05, 0.1) is 11.0 Å². The van der Waals surface area contributed by atoms with Gasteiger partial charge in [0.2, 0.25) is 0 Å². The Morgan fingerprint density at radius 1 is 1.36 bits per heavy atom. The average Bonchev–Trinajstić information content (AvgIpc) is 2.30. The van der Waals surface area contributed by atoms with E-state index < -0.39 is 0 Å². The number of hydrogen-bond acceptors (Lipinski definition) is 1. The smallest absolute Gasteiger partial charge is 0.114 e. The fraction of sp³-hybridized carbons (Fsp3) is 0.111. The minimum absolute atomic E-state index is 0.561. The van der Waals surface area contributed by atoms with E-state index in [1.807, 2.05) is 35.9 Å². The Labute approximate surface area is 65.5 Å². The molecule has 1 aromatic heterocycles. The van der Waals surface area contributed by atoms with Gasteiger partial charge >= 0.3 is 0 Å². The van der Waals surface area contributed by atoms with Crippen LogP contribution < -0.4 is 0 Å². The molecule has 2 nitrogen and oxygen atoms in total. The molecule has 1 heterocycles. The molecule has 2 radical (unpaired) electrons. The van der Waals surface area contributed by atoms with Gasteiger partial charge in [-0.3, -0.25) is 0 Å². The summed E-state index contributed by atoms with van der Waals surface area (Å²) in [6.45, 7) is 5.60. The number of fused-ring (bicyclic) bond motifs is 1. The maximum Gasteiger partial charge on any atom is 0.114 e. The van der Waals surface area contributed by atoms with E-state index in [9.17, 15) is 0 Å². The van der Waals surface area contributed by atoms with Crippen LogP contribution in [0, 0.1) is 6.92 Å². The second-order valence-corrected chi connectivity index (χ2v) is 2.52. The molecule has 0 saturated heterocycles. The van der Waals surface area contributed by atoms with Gasteiger partial charge in [0.25, 0.3) is 0 Å². The van der Waals surface area contributed by atoms with E-state index in [-0.39, 0.29) is 0 Å². The second-order valence-electron chi connectivity index (χ2n) is 2.52. The van der Waals surface area contributed by atoms with Crippen LogP contribution in [0.5, 0.6) is 0 Å². The molecule has 0 N–H and O–H groups in total. The Kier molecular flexibility index (Phi) is 1.22. The van der Waals surface area contributed by atoms with Crippen LogP contribution in [0.1, 0.15) is 5.82 Å². The van der Waals surface area contributed by atoms with Crippen molar-refractivity contribution in [1.82, 2.24) is 9.55 Å². The lowest BCUT2D eigenvalue weighted by Crippen LogP contribution is -1.89. The van der Waals surface area contributed by atoms with Gasteiger partial charge in [0, 0.05) is 14.0 Å². The topological polar surface area (TPSA) is 17.8 Å². The van der Waals surface area contributed by atoms with E-state index >= 15 is 0 Å². The highest BCUT2D eigenvalue weighted by Crippen LogP contribution is 2.12. The number of aryl methyl sites for hydroxylation is 1. The van der Waals surface area contributed by atoms with Crippen molar-refractivity contribution in [3.63, 3.8) is 0 Å². The molecule has 0 aliphatic rings. The predicted octanol–water partition coefficient (Wildman–Crippen LogP) is 1.63. The van der Waals surface area contributed by atoms with E-state index in [0.717, 1.165) is 11.0 Å². The normalized spacial score (nSPS) is 10.7. The van der Waals surface area contributed by atoms with E-state index in [0.29, 0.717) is 5.82 Å². The molecule has 0 atom stereocenters. The Hall–Kier alpha value is -1.31. The molecule has 1 aromatic carbocycles. The lowest BCUT2D eigenvalue weighted by molar-refractivity contribution is 0.916. The molecule has 2 heteroatoms. The molecule has 54 valence electrons. The first kappa shape index (κ1) is 6.40. The molecule has 0 fully saturated rings. The highest BCUT2D eigenvalue weighted by atomic mass is 15.0. The Morgan fingerprint density at radius 2 is 2.09 bits per heavy atom. The molecule has 11 heavy (non-hydrogen) atoms. The van der Waals surface area contributed by atoms with Crippen molar-refractivity contribution >= 4 is 11.0 Å². The van der Waals surface area contributed by atoms with Crippen LogP contribution in [0.2, 0.25) is 0 Å². The standard InChI is InChI=1S/C9H8N2/c1-7-10-8-5-3-4-6-9(8)11(7)2/h1,3-6H,2H3. The van der Waals surface area contributed by atoms with E-state index in [1.54, 1.807) is 0 Å². The summed E-state index contributed by atoms with van der Waals surface area (Å²) < 4.78 is 1.87. The number of rotatable bonds is 0. The summed E-state index contributed by atoms with van der Waals surface area (Å²) in [4.78, 5) is 4.15. The third-order valence-electron chi connectivity index (χ3n) is 1.82. The molecule has 2 rings (SSSR count). The summed E-state index contributed by atoms with van der Waals surface area (Å²) in [6, 6.07) is 7.88. The lowest BCUT2D eigenvalue weighted by atomic mass is 10.3. The van der Waals surface area contributed by atoms with Crippen molar-refractivity contribution in [2.75, 3.05) is 0 Å². The van der Waals surface area contributed by atoms with Gasteiger partial charge in [0.1, 0.15) is 5.82 Å². The van der Waals surface area contributed by atoms with Gasteiger partial charge in [0.15, 0.2) is 0 Å². The summed E-state index contributed by atoms with van der Waals surface area (Å²) in [5.41, 5.74) is 2.03. The van der Waals surface area contributed by atoms with E-state index in [2.05, 4.69) is 4.98 Å². The first-order valence-corrected chi connectivity index (χ1v) is 3.46. The number of benzene rings is 1. The zero-order valence-electron chi connectivity index (χ0n) is 6.28. The zero-order chi connectivity index (χ0) is 7.84. The quantitative estimate of drug-likeness (QED) is 0.549. The molecular weight excluding hydrogens is 136 g/mol. The van der Waals surface area contributed by atoms with Crippen LogP contribution >= 0.6 is 0 Å². The van der Waals surface area contributed by atoms with Crippen molar-refractivity contribution < 1.29 is 0 Å². The van der Waals surface area contributed by atoms with Crippen molar-refractivity contribution in [3.05, 3.63) is 37.0 Å². The number of hydrogen-bond donors (Lipinski definition) is 0. The predicted molar refractivity (Wildman–Crippen MR) is 44.1 cm³/mol. The zero-order valence-corrected chi connectivity index (χ0v) is 6.28. The summed E-state index contributed by atoms with van der Waals surface area (Å²) in [5.74, 6) is 0.561. The first-order valence-electron chi connectivity index (χ1n) is 3.46. The summed E-state index contributed by atoms with van der Waals surface area (Å²) in [5, 5.41) is 0. The average molecular weight is 144 g/mol. The molecular formula is C9H8N2. The van der Waals surface area contributed by atoms with Gasteiger partial charge in [-0.05, 0) is 12.1 Å². The fourth-order valence-corrected chi connectivity index (χ4v) is 1.16. The van der Waals surface area contributed by atoms with Crippen molar-refractivity contribution in [1.29, 1.82) is 0 Å². The maximum atomic E-state index is 5.60. The third-order valence-corrected chi connectivity index (χ3v) is 1.82. The molecule has 0 aliphatic heterocycles. The van der Waals surface area contributed by atoms with E-state index in [4.69, 9.17) is 6.92 Å². The van der Waals surface area contributed by atoms with Crippen molar-refractivity contribution in [3.8, 4) is 0 Å². The van der Waals surface area contributed by atoms with Crippen LogP contribution in [-0.4, -0.2) is 9.55 Å². The molecule has 0 saturated carbocycles. The minimum Gasteiger partial charge on any atom is -0.331 e. The Balaban J connectivity index is 2.92. The van der Waals surface area contributed by atoms with Gasteiger partial charge in [-0.2, -0.15) is 0 Å². The number of aromatic nitrogens is 2. The minimum atomic E-state index is 0.561. The highest BCUT2D eigenvalue weighted by Gasteiger charge is 2.00. The summed E-state index contributed by atoms with van der Waals surface area (Å²) in [6.07, 6.45) is 0. The molecule has 0 amide bonds. The molecule has 0 bridgehead atoms. The van der Waals surface area contributed by atoms with E-state index in [1.165, 1.54) is 0 Å². The van der Waals surface area contributed by atoms with Gasteiger partial charge in [-0.25, -0.2) is 4.98 Å². The number of para-hydroxylation sites is 2. The van der Waals surface area contributed by atoms with Crippen LogP contribution in [-0.2, 0) is 7.05 Å². The number of imidazole rings is 1. The molecule has 0 aliphatic carbocycles. The summed E-state index contributed by atoms with van der Waals surface area (Å²) in [7, 11) is 1.91. The first-order chi connectivity index (χ1) is 5.29. The van der Waals surface area contributed by atoms with Crippen LogP contribution in [0.3, 0.4) is 0 Å². The monoisotopic (exact) mass is 144 g/mol. The largest absolute Gasteiger partial charge is 0.331 e. The molecule has 0 spiro atoms. The van der Waals surface area contributed by atoms with Crippen LogP contribution in [0.4, 0.5) is 0 Å². The Morgan fingerprint density at radius 3 is 2.82 bits per heavy atom. The van der Waals surface area contributed by atoms with Gasteiger partial charge < -0.3 is 4.57 Å². The Bertz CT molecular complexity index is 387. The number of nitrogens with zero attached hydrogens (tertiary/aromatic N) is 2. The van der Waals surface area contributed by atoms with Crippen LogP contribution in [0.15, 0.2) is 24.3 Å². The van der Waals surface area contributed by atoms with Crippen LogP contribution in [0.25, 0.3) is 11.0 Å². The molecule has 2 aromatic rings. The second kappa shape index (κ2) is 2.09. The third kappa shape index (κ3) is 0.827. The van der Waals surface area contributed by atoms with Gasteiger partial charge in [-0.15, -0.1) is 0 Å². The SMILES string of the molecule is [CH]c1nc2ccccc2n1C. The molecule has 0 unspecified atom stereocenters. The maximum absolute atomic E-state index is 5.60. The fourth-order valence-electron chi connectivity index (χ4n) is 1.16. The lowest BCUT2D eigenvalue weighted by Gasteiger charge is -1.93. The highest BCUT2D eigenvalue weighted by molar-refractivity contribution is 5.75.